The van der Waals surface area contributed by atoms with Crippen LogP contribution in [0.5, 0.6) is 5.75 Å². The number of rotatable bonds is 22. The van der Waals surface area contributed by atoms with Crippen LogP contribution >= 0.6 is 24.4 Å². The Labute approximate surface area is 539 Å². The van der Waals surface area contributed by atoms with Gasteiger partial charge in [-0.3, -0.25) is 18.4 Å². The molecule has 0 amide bonds. The van der Waals surface area contributed by atoms with Crippen molar-refractivity contribution in [2.45, 2.75) is 31.9 Å². The van der Waals surface area contributed by atoms with Crippen LogP contribution in [0.3, 0.4) is 0 Å². The first kappa shape index (κ1) is 77.9. The van der Waals surface area contributed by atoms with Crippen molar-refractivity contribution in [3.63, 3.8) is 0 Å². The van der Waals surface area contributed by atoms with E-state index in [2.05, 4.69) is 47.6 Å². The predicted molar refractivity (Wildman–Crippen MR) is 202 cm³/mol. The standard InChI is InChI=1S/C27H25N5O24S7.CH4.6Na/c28-23-22-13(10-21(62(45,46)47)25(23)32-30-18-11-14(1-3-16(18)27(34)35)60(40,41)8-6-52-63(48,49)50)9-19(57-55-53-36)24(26(22)33)31-29-17-4-2-15(12-20(17)61(42,43)44)59(38,39)7-5-51-58-56-54-37;;;;;;;/h1-4,9-12,33,36-37H,5-8,28H2,(H,34,35)(H,42,43,44)(H,45,46,47)(H,48,49,50);1H4;;;;;;/q;;6*+1/p-6. The van der Waals surface area contributed by atoms with Gasteiger partial charge in [0.25, 0.3) is 0 Å². The number of carbonyl (C=O) groups is 1. The third kappa shape index (κ3) is 22.0. The zero-order chi connectivity index (χ0) is 47.1. The fourth-order valence-electron chi connectivity index (χ4n) is 4.84. The van der Waals surface area contributed by atoms with Crippen LogP contribution in [0.1, 0.15) is 17.8 Å². The molecular weight excluding hydrogens is 1150 g/mol. The van der Waals surface area contributed by atoms with Crippen LogP contribution in [0.25, 0.3) is 10.8 Å². The number of carboxylic acid groups (broad SMARTS) is 1. The van der Waals surface area contributed by atoms with E-state index in [4.69, 9.17) is 5.73 Å². The van der Waals surface area contributed by atoms with Crippen LogP contribution in [0.2, 0.25) is 0 Å². The Hall–Kier alpha value is 1.42. The number of aromatic hydroxyl groups is 1. The molecule has 0 radical (unpaired) electrons. The SMILES string of the molecule is C.Nc1c(N=Nc2cc(S(=O)(=O)CCOS(=O)(=O)[O-])ccc2C(=O)[O-])c(S(=O)(=O)[O-])cc2cc(SOO[O-])c(N=Nc3ccc(S(=O)(=O)CCOSOO[O-])cc3S(=O)(=O)[O-])c(O)c12.[Na+].[Na+].[Na+].[Na+].[Na+].[Na+]. The number of phenolic OH excluding ortho intramolecular Hbond substituents is 1. The summed E-state index contributed by atoms with van der Waals surface area (Å²) in [6.45, 7) is -1.81. The molecule has 42 heteroatoms. The van der Waals surface area contributed by atoms with Crippen molar-refractivity contribution in [3.05, 3.63) is 54.1 Å². The summed E-state index contributed by atoms with van der Waals surface area (Å²) in [6, 6.07) is 5.11. The number of azo groups is 2. The van der Waals surface area contributed by atoms with E-state index < -0.39 is 156 Å². The van der Waals surface area contributed by atoms with E-state index in [-0.39, 0.29) is 209 Å². The zero-order valence-corrected chi connectivity index (χ0v) is 53.7. The van der Waals surface area contributed by atoms with Crippen molar-refractivity contribution in [1.82, 2.24) is 0 Å². The van der Waals surface area contributed by atoms with E-state index in [0.717, 1.165) is 12.1 Å². The fraction of sp³-hybridized carbons (Fsp3) is 0.179. The second kappa shape index (κ2) is 33.7. The van der Waals surface area contributed by atoms with Gasteiger partial charge in [0, 0.05) is 5.56 Å². The molecule has 0 atom stereocenters. The molecular formula is C28H23N5Na6O24S7. The van der Waals surface area contributed by atoms with Gasteiger partial charge in [0.2, 0.25) is 10.4 Å². The second-order valence-electron chi connectivity index (χ2n) is 11.3. The van der Waals surface area contributed by atoms with E-state index in [1.165, 1.54) is 0 Å². The summed E-state index contributed by atoms with van der Waals surface area (Å²) >= 11 is -0.0755. The van der Waals surface area contributed by atoms with Gasteiger partial charge in [-0.15, -0.1) is 24.8 Å². The average molecular weight is 1180 g/mol. The van der Waals surface area contributed by atoms with Crippen molar-refractivity contribution in [1.29, 1.82) is 0 Å². The Bertz CT molecular complexity index is 3090. The summed E-state index contributed by atoms with van der Waals surface area (Å²) < 4.78 is 174. The van der Waals surface area contributed by atoms with Gasteiger partial charge in [0.05, 0.1) is 84.0 Å². The minimum atomic E-state index is -5.67. The molecule has 0 aliphatic carbocycles. The van der Waals surface area contributed by atoms with Crippen LogP contribution in [0.4, 0.5) is 28.4 Å². The number of nitrogens with zero attached hydrogens (tertiary/aromatic N) is 4. The summed E-state index contributed by atoms with van der Waals surface area (Å²) in [4.78, 5) is 7.20. The number of phenols is 1. The molecule has 0 spiro atoms. The minimum absolute atomic E-state index is 0. The number of hydrogen-bond donors (Lipinski definition) is 2. The Morgan fingerprint density at radius 2 is 1.17 bits per heavy atom. The Kier molecular flexibility index (Phi) is 37.5. The van der Waals surface area contributed by atoms with Gasteiger partial charge in [0.15, 0.2) is 37.7 Å². The van der Waals surface area contributed by atoms with Gasteiger partial charge in [-0.25, -0.2) is 42.1 Å². The molecule has 0 saturated heterocycles. The van der Waals surface area contributed by atoms with E-state index in [1.54, 1.807) is 0 Å². The topological polar surface area (TPSA) is 477 Å². The first-order valence-electron chi connectivity index (χ1n) is 15.5. The van der Waals surface area contributed by atoms with Crippen LogP contribution in [-0.2, 0) is 77.4 Å². The third-order valence-electron chi connectivity index (χ3n) is 7.48. The number of sulfone groups is 2. The monoisotopic (exact) mass is 1170 g/mol. The number of hydrogen-bond acceptors (Lipinski definition) is 31. The Morgan fingerprint density at radius 1 is 0.657 bits per heavy atom. The van der Waals surface area contributed by atoms with Gasteiger partial charge >= 0.3 is 177 Å². The fourth-order valence-corrected chi connectivity index (χ4v) is 9.64. The smallest absolute Gasteiger partial charge is 0.744 e. The maximum atomic E-state index is 12.8. The summed E-state index contributed by atoms with van der Waals surface area (Å²) in [5.41, 5.74) is 0.568. The molecule has 4 rings (SSSR count). The van der Waals surface area contributed by atoms with Crippen molar-refractivity contribution < 1.29 is 286 Å². The first-order valence-corrected chi connectivity index (χ1v) is 24.4. The molecule has 0 bridgehead atoms. The van der Waals surface area contributed by atoms with Gasteiger partial charge in [-0.2, -0.15) is 4.33 Å². The molecule has 70 heavy (non-hydrogen) atoms. The maximum absolute atomic E-state index is 12.8. The quantitative estimate of drug-likeness (QED) is 0.00849. The summed E-state index contributed by atoms with van der Waals surface area (Å²) in [5, 5.41) is 63.2. The van der Waals surface area contributed by atoms with Crippen LogP contribution < -0.4 is 199 Å². The van der Waals surface area contributed by atoms with Gasteiger partial charge in [-0.1, -0.05) is 7.43 Å². The molecule has 4 aromatic rings. The van der Waals surface area contributed by atoms with Crippen molar-refractivity contribution in [2.75, 3.05) is 30.5 Å². The van der Waals surface area contributed by atoms with Crippen molar-refractivity contribution in [2.24, 2.45) is 20.5 Å². The molecule has 0 aromatic heterocycles. The summed E-state index contributed by atoms with van der Waals surface area (Å²) in [6.07, 6.45) is 0. The molecule has 352 valence electrons. The third-order valence-corrected chi connectivity index (χ3v) is 14.0. The van der Waals surface area contributed by atoms with Crippen molar-refractivity contribution >= 4 is 120 Å². The molecule has 0 heterocycles. The minimum Gasteiger partial charge on any atom is -0.744 e. The second-order valence-corrected chi connectivity index (χ2v) is 20.5. The van der Waals surface area contributed by atoms with Gasteiger partial charge in [-0.05, 0) is 53.9 Å². The Balaban J connectivity index is -0.00000311. The van der Waals surface area contributed by atoms with Crippen LogP contribution in [-0.4, -0.2) is 91.5 Å². The number of nitrogen functional groups attached to an aromatic ring is 1. The number of carbonyl (C=O) groups excluding carboxylic acids is 1. The molecule has 0 aliphatic heterocycles. The first-order chi connectivity index (χ1) is 29.2. The number of fused-ring (bicyclic) bond motifs is 1. The van der Waals surface area contributed by atoms with E-state index >= 15 is 0 Å². The zero-order valence-electron chi connectivity index (χ0n) is 36.0. The molecule has 0 saturated carbocycles. The maximum Gasteiger partial charge on any atom is 1.00 e. The molecule has 0 unspecified atom stereocenters. The molecule has 0 fully saturated rings. The Morgan fingerprint density at radius 3 is 1.70 bits per heavy atom. The van der Waals surface area contributed by atoms with Crippen molar-refractivity contribution in [3.8, 4) is 5.75 Å². The van der Waals surface area contributed by atoms with Gasteiger partial charge in [0.1, 0.15) is 37.3 Å². The summed E-state index contributed by atoms with van der Waals surface area (Å²) in [5.74, 6) is -5.16. The molecule has 4 aromatic carbocycles. The van der Waals surface area contributed by atoms with E-state index in [9.17, 15) is 81.3 Å². The van der Waals surface area contributed by atoms with Crippen LogP contribution in [0, 0.1) is 0 Å². The average Bonchev–Trinajstić information content (AvgIpc) is 3.17. The predicted octanol–water partition coefficient (Wildman–Crippen LogP) is -18.2. The molecule has 0 aliphatic rings. The molecule has 29 nitrogen and oxygen atoms in total. The number of benzene rings is 4. The summed E-state index contributed by atoms with van der Waals surface area (Å²) in [7, 11) is -25.6. The largest absolute Gasteiger partial charge is 1.00 e. The number of aromatic carboxylic acids is 1. The molecule has 3 N–H and O–H groups in total. The number of nitrogens with two attached hydrogens (primary N) is 1. The number of anilines is 1. The van der Waals surface area contributed by atoms with Crippen LogP contribution in [0.15, 0.2) is 93.5 Å². The van der Waals surface area contributed by atoms with E-state index in [0.29, 0.717) is 36.4 Å². The number of carboxylic acids is 1. The van der Waals surface area contributed by atoms with E-state index in [1.807, 2.05) is 0 Å². The van der Waals surface area contributed by atoms with Gasteiger partial charge < -0.3 is 44.9 Å². The normalized spacial score (nSPS) is 11.8.